The molecule has 2 nitrogen and oxygen atoms in total. The lowest BCUT2D eigenvalue weighted by Crippen LogP contribution is -2.12. The minimum atomic E-state index is -1.01. The highest BCUT2D eigenvalue weighted by Crippen LogP contribution is 2.19. The number of para-hydroxylation sites is 2. The van der Waals surface area contributed by atoms with Crippen molar-refractivity contribution in [2.24, 2.45) is 0 Å². The third kappa shape index (κ3) is 2.27. The third-order valence-corrected chi connectivity index (χ3v) is 2.01. The van der Waals surface area contributed by atoms with Crippen LogP contribution in [0.3, 0.4) is 0 Å². The number of hydrogen-bond acceptors (Lipinski definition) is 2. The smallest absolute Gasteiger partial charge is 0.229 e. The lowest BCUT2D eigenvalue weighted by molar-refractivity contribution is 0.583. The van der Waals surface area contributed by atoms with E-state index < -0.39 is 9.04 Å². The molecule has 0 bridgehead atoms. The van der Waals surface area contributed by atoms with Crippen LogP contribution < -0.4 is 10.2 Å². The molecule has 0 saturated carbocycles. The van der Waals surface area contributed by atoms with Crippen molar-refractivity contribution in [2.75, 3.05) is 5.73 Å². The van der Waals surface area contributed by atoms with Crippen LogP contribution in [0.15, 0.2) is 24.3 Å². The van der Waals surface area contributed by atoms with Crippen LogP contribution in [0.1, 0.15) is 0 Å². The molecule has 0 radical (unpaired) electrons. The molecule has 11 heavy (non-hydrogen) atoms. The predicted octanol–water partition coefficient (Wildman–Crippen LogP) is 1.63. The van der Waals surface area contributed by atoms with Gasteiger partial charge >= 0.3 is 0 Å². The van der Waals surface area contributed by atoms with Gasteiger partial charge in [-0.3, -0.25) is 0 Å². The maximum atomic E-state index is 5.67. The quantitative estimate of drug-likeness (QED) is 0.537. The Bertz CT molecular complexity index is 237. The van der Waals surface area contributed by atoms with Gasteiger partial charge in [0.2, 0.25) is 9.04 Å². The molecule has 0 atom stereocenters. The van der Waals surface area contributed by atoms with E-state index in [9.17, 15) is 0 Å². The SMILES string of the molecule is C[SiH](C)Oc1ccccc1N. The van der Waals surface area contributed by atoms with E-state index in [1.165, 1.54) is 0 Å². The van der Waals surface area contributed by atoms with Gasteiger partial charge in [-0.05, 0) is 25.2 Å². The molecule has 0 heterocycles. The molecule has 0 spiro atoms. The van der Waals surface area contributed by atoms with E-state index in [1.54, 1.807) is 0 Å². The van der Waals surface area contributed by atoms with Crippen LogP contribution in [0, 0.1) is 0 Å². The summed E-state index contributed by atoms with van der Waals surface area (Å²) < 4.78 is 5.56. The molecule has 0 aliphatic carbocycles. The molecule has 0 aliphatic rings. The zero-order valence-electron chi connectivity index (χ0n) is 6.87. The van der Waals surface area contributed by atoms with Gasteiger partial charge in [-0.15, -0.1) is 0 Å². The van der Waals surface area contributed by atoms with Crippen LogP contribution in [0.25, 0.3) is 0 Å². The Kier molecular flexibility index (Phi) is 2.54. The van der Waals surface area contributed by atoms with Crippen LogP contribution >= 0.6 is 0 Å². The van der Waals surface area contributed by atoms with Gasteiger partial charge in [-0.1, -0.05) is 12.1 Å². The lowest BCUT2D eigenvalue weighted by atomic mass is 10.3. The second kappa shape index (κ2) is 3.43. The van der Waals surface area contributed by atoms with Gasteiger partial charge in [0.15, 0.2) is 0 Å². The Morgan fingerprint density at radius 1 is 1.27 bits per heavy atom. The normalized spacial score (nSPS) is 10.1. The van der Waals surface area contributed by atoms with E-state index in [1.807, 2.05) is 24.3 Å². The van der Waals surface area contributed by atoms with Gasteiger partial charge in [0.1, 0.15) is 5.75 Å². The summed E-state index contributed by atoms with van der Waals surface area (Å²) in [6, 6.07) is 7.60. The van der Waals surface area contributed by atoms with E-state index in [0.717, 1.165) is 11.4 Å². The second-order valence-corrected chi connectivity index (χ2v) is 5.04. The molecular formula is C8H13NOSi. The molecule has 2 N–H and O–H groups in total. The Morgan fingerprint density at radius 2 is 1.91 bits per heavy atom. The number of benzene rings is 1. The highest BCUT2D eigenvalue weighted by Gasteiger charge is 2.00. The standard InChI is InChI=1S/C8H13NOSi/c1-11(2)10-8-6-4-3-5-7(8)9/h3-6,11H,9H2,1-2H3. The van der Waals surface area contributed by atoms with Crippen LogP contribution in [0.5, 0.6) is 5.75 Å². The summed E-state index contributed by atoms with van der Waals surface area (Å²) in [4.78, 5) is 0. The first-order valence-electron chi connectivity index (χ1n) is 3.71. The zero-order chi connectivity index (χ0) is 8.27. The minimum absolute atomic E-state index is 0.730. The largest absolute Gasteiger partial charge is 0.546 e. The van der Waals surface area contributed by atoms with Gasteiger partial charge < -0.3 is 10.2 Å². The highest BCUT2D eigenvalue weighted by atomic mass is 28.3. The molecule has 0 fully saturated rings. The Balaban J connectivity index is 2.78. The van der Waals surface area contributed by atoms with Crippen molar-refractivity contribution >= 4 is 14.7 Å². The molecular weight excluding hydrogens is 154 g/mol. The molecule has 0 saturated heterocycles. The van der Waals surface area contributed by atoms with Crippen molar-refractivity contribution in [3.63, 3.8) is 0 Å². The van der Waals surface area contributed by atoms with Crippen molar-refractivity contribution in [3.8, 4) is 5.75 Å². The molecule has 1 rings (SSSR count). The van der Waals surface area contributed by atoms with Gasteiger partial charge in [0.05, 0.1) is 5.69 Å². The number of rotatable bonds is 2. The van der Waals surface area contributed by atoms with Crippen molar-refractivity contribution in [1.82, 2.24) is 0 Å². The molecule has 1 aromatic carbocycles. The van der Waals surface area contributed by atoms with Gasteiger partial charge in [0, 0.05) is 0 Å². The van der Waals surface area contributed by atoms with Crippen LogP contribution in [0.2, 0.25) is 13.1 Å². The molecule has 0 amide bonds. The lowest BCUT2D eigenvalue weighted by Gasteiger charge is -2.10. The Labute approximate surface area is 68.7 Å². The fourth-order valence-electron chi connectivity index (χ4n) is 0.842. The summed E-state index contributed by atoms with van der Waals surface area (Å²) in [6.45, 7) is 4.24. The minimum Gasteiger partial charge on any atom is -0.546 e. The summed E-state index contributed by atoms with van der Waals surface area (Å²) in [5.74, 6) is 0.828. The van der Waals surface area contributed by atoms with E-state index >= 15 is 0 Å². The van der Waals surface area contributed by atoms with Crippen molar-refractivity contribution in [1.29, 1.82) is 0 Å². The fraction of sp³-hybridized carbons (Fsp3) is 0.250. The van der Waals surface area contributed by atoms with E-state index in [-0.39, 0.29) is 0 Å². The predicted molar refractivity (Wildman–Crippen MR) is 50.4 cm³/mol. The van der Waals surface area contributed by atoms with Gasteiger partial charge in [0.25, 0.3) is 0 Å². The topological polar surface area (TPSA) is 35.2 Å². The van der Waals surface area contributed by atoms with Gasteiger partial charge in [-0.2, -0.15) is 0 Å². The van der Waals surface area contributed by atoms with Crippen LogP contribution in [-0.2, 0) is 0 Å². The Morgan fingerprint density at radius 3 is 2.45 bits per heavy atom. The number of nitrogens with two attached hydrogens (primary N) is 1. The summed E-state index contributed by atoms with van der Waals surface area (Å²) in [6.07, 6.45) is 0. The van der Waals surface area contributed by atoms with E-state index in [4.69, 9.17) is 10.2 Å². The highest BCUT2D eigenvalue weighted by molar-refractivity contribution is 6.49. The van der Waals surface area contributed by atoms with Crippen LogP contribution in [-0.4, -0.2) is 9.04 Å². The molecule has 3 heteroatoms. The van der Waals surface area contributed by atoms with Crippen molar-refractivity contribution < 1.29 is 4.43 Å². The molecule has 0 aliphatic heterocycles. The summed E-state index contributed by atoms with van der Waals surface area (Å²) in [5, 5.41) is 0. The molecule has 60 valence electrons. The Hall–Kier alpha value is -0.963. The summed E-state index contributed by atoms with van der Waals surface area (Å²) in [7, 11) is -1.01. The first-order valence-corrected chi connectivity index (χ1v) is 6.49. The molecule has 1 aromatic rings. The number of anilines is 1. The number of nitrogen functional groups attached to an aromatic ring is 1. The van der Waals surface area contributed by atoms with Gasteiger partial charge in [-0.25, -0.2) is 0 Å². The average molecular weight is 167 g/mol. The van der Waals surface area contributed by atoms with Crippen molar-refractivity contribution in [2.45, 2.75) is 13.1 Å². The van der Waals surface area contributed by atoms with Crippen LogP contribution in [0.4, 0.5) is 5.69 Å². The first-order chi connectivity index (χ1) is 5.20. The zero-order valence-corrected chi connectivity index (χ0v) is 8.03. The third-order valence-electron chi connectivity index (χ3n) is 1.28. The average Bonchev–Trinajstić information content (AvgIpc) is 1.93. The fourth-order valence-corrected chi connectivity index (χ4v) is 1.56. The molecule has 0 aromatic heterocycles. The van der Waals surface area contributed by atoms with E-state index in [0.29, 0.717) is 0 Å². The summed E-state index contributed by atoms with van der Waals surface area (Å²) >= 11 is 0. The maximum absolute atomic E-state index is 5.67. The second-order valence-electron chi connectivity index (χ2n) is 2.70. The maximum Gasteiger partial charge on any atom is 0.229 e. The van der Waals surface area contributed by atoms with E-state index in [2.05, 4.69) is 13.1 Å². The van der Waals surface area contributed by atoms with Crippen molar-refractivity contribution in [3.05, 3.63) is 24.3 Å². The molecule has 0 unspecified atom stereocenters. The number of hydrogen-bond donors (Lipinski definition) is 1. The monoisotopic (exact) mass is 167 g/mol. The first kappa shape index (κ1) is 8.14. The summed E-state index contributed by atoms with van der Waals surface area (Å²) in [5.41, 5.74) is 6.40.